The van der Waals surface area contributed by atoms with E-state index in [9.17, 15) is 13.2 Å². The lowest BCUT2D eigenvalue weighted by molar-refractivity contribution is -0.176. The molecule has 0 unspecified atom stereocenters. The van der Waals surface area contributed by atoms with E-state index < -0.39 is 12.8 Å². The van der Waals surface area contributed by atoms with Gasteiger partial charge in [0.2, 0.25) is 0 Å². The van der Waals surface area contributed by atoms with Crippen LogP contribution in [0, 0.1) is 0 Å². The molecule has 0 saturated carbocycles. The first-order valence-corrected chi connectivity index (χ1v) is 8.73. The minimum Gasteiger partial charge on any atom is -0.469 e. The maximum Gasteiger partial charge on any atom is 0.411 e. The maximum atomic E-state index is 12.1. The Morgan fingerprint density at radius 3 is 2.48 bits per heavy atom. The van der Waals surface area contributed by atoms with Crippen LogP contribution in [-0.2, 0) is 24.3 Å². The molecule has 0 aliphatic heterocycles. The molecule has 0 saturated heterocycles. The predicted octanol–water partition coefficient (Wildman–Crippen LogP) is 3.66. The summed E-state index contributed by atoms with van der Waals surface area (Å²) in [5.41, 5.74) is 1.65. The number of halogens is 3. The van der Waals surface area contributed by atoms with Gasteiger partial charge in [0, 0.05) is 19.5 Å². The van der Waals surface area contributed by atoms with Gasteiger partial charge in [-0.15, -0.1) is 0 Å². The van der Waals surface area contributed by atoms with Gasteiger partial charge in [-0.25, -0.2) is 4.99 Å². The number of rotatable bonds is 9. The highest BCUT2D eigenvalue weighted by molar-refractivity contribution is 5.79. The average molecular weight is 383 g/mol. The summed E-state index contributed by atoms with van der Waals surface area (Å²) in [6, 6.07) is 10.9. The fourth-order valence-corrected chi connectivity index (χ4v) is 2.30. The van der Waals surface area contributed by atoms with Crippen LogP contribution in [0.3, 0.4) is 0 Å². The van der Waals surface area contributed by atoms with Crippen molar-refractivity contribution in [1.82, 2.24) is 10.6 Å². The summed E-state index contributed by atoms with van der Waals surface area (Å²) in [5, 5.41) is 6.40. The van der Waals surface area contributed by atoms with Crippen molar-refractivity contribution in [2.24, 2.45) is 4.99 Å². The van der Waals surface area contributed by atoms with Gasteiger partial charge >= 0.3 is 6.18 Å². The van der Waals surface area contributed by atoms with E-state index in [0.29, 0.717) is 24.6 Å². The third kappa shape index (κ3) is 8.63. The second kappa shape index (κ2) is 10.6. The minimum absolute atomic E-state index is 0.0694. The molecule has 0 bridgehead atoms. The highest BCUT2D eigenvalue weighted by Gasteiger charge is 2.27. The van der Waals surface area contributed by atoms with E-state index >= 15 is 0 Å². The Labute approximate surface area is 156 Å². The van der Waals surface area contributed by atoms with E-state index in [4.69, 9.17) is 4.42 Å². The van der Waals surface area contributed by atoms with Gasteiger partial charge < -0.3 is 19.8 Å². The molecule has 5 nitrogen and oxygen atoms in total. The van der Waals surface area contributed by atoms with Crippen molar-refractivity contribution in [3.05, 3.63) is 59.5 Å². The largest absolute Gasteiger partial charge is 0.469 e. The summed E-state index contributed by atoms with van der Waals surface area (Å²) in [5.74, 6) is 1.60. The van der Waals surface area contributed by atoms with Crippen molar-refractivity contribution in [3.8, 4) is 0 Å². The van der Waals surface area contributed by atoms with Crippen molar-refractivity contribution < 1.29 is 22.3 Å². The molecule has 0 amide bonds. The summed E-state index contributed by atoms with van der Waals surface area (Å²) >= 11 is 0. The number of nitrogens with zero attached hydrogens (tertiary/aromatic N) is 1. The number of benzene rings is 1. The van der Waals surface area contributed by atoms with Crippen LogP contribution in [0.2, 0.25) is 0 Å². The van der Waals surface area contributed by atoms with Gasteiger partial charge in [-0.1, -0.05) is 24.3 Å². The zero-order valence-electron chi connectivity index (χ0n) is 15.2. The van der Waals surface area contributed by atoms with Gasteiger partial charge in [0.25, 0.3) is 0 Å². The van der Waals surface area contributed by atoms with Gasteiger partial charge in [0.15, 0.2) is 5.96 Å². The molecule has 1 aromatic heterocycles. The molecule has 27 heavy (non-hydrogen) atoms. The second-order valence-corrected chi connectivity index (χ2v) is 5.88. The van der Waals surface area contributed by atoms with Crippen LogP contribution >= 0.6 is 0 Å². The molecule has 1 aromatic carbocycles. The molecule has 2 rings (SSSR count). The van der Waals surface area contributed by atoms with Gasteiger partial charge in [-0.05, 0) is 30.2 Å². The number of nitrogens with one attached hydrogen (secondary N) is 2. The summed E-state index contributed by atoms with van der Waals surface area (Å²) in [6.45, 7) is 2.56. The number of hydrogen-bond acceptors (Lipinski definition) is 3. The minimum atomic E-state index is -4.30. The quantitative estimate of drug-likeness (QED) is 0.513. The molecule has 0 radical (unpaired) electrons. The smallest absolute Gasteiger partial charge is 0.411 e. The van der Waals surface area contributed by atoms with E-state index in [2.05, 4.69) is 20.4 Å². The summed E-state index contributed by atoms with van der Waals surface area (Å²) < 4.78 is 46.2. The maximum absolute atomic E-state index is 12.1. The number of ether oxygens (including phenoxy) is 1. The van der Waals surface area contributed by atoms with E-state index in [1.807, 2.05) is 31.2 Å². The zero-order valence-corrected chi connectivity index (χ0v) is 15.2. The van der Waals surface area contributed by atoms with Crippen LogP contribution in [0.25, 0.3) is 0 Å². The Morgan fingerprint density at radius 2 is 1.85 bits per heavy atom. The average Bonchev–Trinajstić information content (AvgIpc) is 3.13. The summed E-state index contributed by atoms with van der Waals surface area (Å²) in [7, 11) is 0. The molecule has 0 aliphatic rings. The first-order valence-electron chi connectivity index (χ1n) is 8.73. The number of furan rings is 1. The Hall–Kier alpha value is -2.48. The van der Waals surface area contributed by atoms with E-state index in [0.717, 1.165) is 24.3 Å². The molecular weight excluding hydrogens is 359 g/mol. The molecule has 2 aromatic rings. The normalized spacial score (nSPS) is 12.2. The SMILES string of the molecule is CCNC(=NCc1ccc(COCC(F)(F)F)cc1)NCCc1ccco1. The molecule has 0 atom stereocenters. The van der Waals surface area contributed by atoms with Crippen LogP contribution in [-0.4, -0.2) is 31.8 Å². The lowest BCUT2D eigenvalue weighted by Gasteiger charge is -2.11. The second-order valence-electron chi connectivity index (χ2n) is 5.88. The Kier molecular flexibility index (Phi) is 8.19. The molecular formula is C19H24F3N3O2. The van der Waals surface area contributed by atoms with Gasteiger partial charge in [-0.3, -0.25) is 0 Å². The van der Waals surface area contributed by atoms with E-state index in [-0.39, 0.29) is 6.61 Å². The molecule has 8 heteroatoms. The van der Waals surface area contributed by atoms with E-state index in [1.165, 1.54) is 0 Å². The fourth-order valence-electron chi connectivity index (χ4n) is 2.30. The van der Waals surface area contributed by atoms with E-state index in [1.54, 1.807) is 18.4 Å². The van der Waals surface area contributed by atoms with Crippen LogP contribution < -0.4 is 10.6 Å². The van der Waals surface area contributed by atoms with Gasteiger partial charge in [-0.2, -0.15) is 13.2 Å². The van der Waals surface area contributed by atoms with Crippen LogP contribution in [0.5, 0.6) is 0 Å². The topological polar surface area (TPSA) is 58.8 Å². The molecule has 0 fully saturated rings. The number of hydrogen-bond donors (Lipinski definition) is 2. The Morgan fingerprint density at radius 1 is 1.11 bits per heavy atom. The highest BCUT2D eigenvalue weighted by atomic mass is 19.4. The third-order valence-electron chi connectivity index (χ3n) is 3.57. The third-order valence-corrected chi connectivity index (χ3v) is 3.57. The standard InChI is InChI=1S/C19H24F3N3O2/c1-2-23-18(24-10-9-17-4-3-11-27-17)25-12-15-5-7-16(8-6-15)13-26-14-19(20,21)22/h3-8,11H,2,9-10,12-14H2,1H3,(H2,23,24,25). The van der Waals surface area contributed by atoms with Crippen molar-refractivity contribution in [3.63, 3.8) is 0 Å². The molecule has 0 spiro atoms. The number of guanidine groups is 1. The van der Waals surface area contributed by atoms with Crippen molar-refractivity contribution >= 4 is 5.96 Å². The molecule has 148 valence electrons. The lowest BCUT2D eigenvalue weighted by atomic mass is 10.1. The van der Waals surface area contributed by atoms with Gasteiger partial charge in [0.1, 0.15) is 12.4 Å². The van der Waals surface area contributed by atoms with Gasteiger partial charge in [0.05, 0.1) is 19.4 Å². The molecule has 0 aliphatic carbocycles. The van der Waals surface area contributed by atoms with Crippen molar-refractivity contribution in [1.29, 1.82) is 0 Å². The first-order chi connectivity index (χ1) is 13.0. The summed E-state index contributed by atoms with van der Waals surface area (Å²) in [4.78, 5) is 4.51. The first kappa shape index (κ1) is 20.8. The van der Waals surface area contributed by atoms with Crippen LogP contribution in [0.4, 0.5) is 13.2 Å². The molecule has 1 heterocycles. The Balaban J connectivity index is 1.79. The number of aliphatic imine (C=N–C) groups is 1. The summed E-state index contributed by atoms with van der Waals surface area (Å²) in [6.07, 6.45) is -1.90. The fraction of sp³-hybridized carbons (Fsp3) is 0.421. The highest BCUT2D eigenvalue weighted by Crippen LogP contribution is 2.16. The molecule has 2 N–H and O–H groups in total. The van der Waals surface area contributed by atoms with Crippen LogP contribution in [0.1, 0.15) is 23.8 Å². The van der Waals surface area contributed by atoms with Crippen molar-refractivity contribution in [2.45, 2.75) is 32.7 Å². The van der Waals surface area contributed by atoms with Crippen molar-refractivity contribution in [2.75, 3.05) is 19.7 Å². The van der Waals surface area contributed by atoms with Crippen LogP contribution in [0.15, 0.2) is 52.1 Å². The zero-order chi connectivity index (χ0) is 19.5. The Bertz CT molecular complexity index is 683. The predicted molar refractivity (Wildman–Crippen MR) is 97.4 cm³/mol. The monoisotopic (exact) mass is 383 g/mol. The lowest BCUT2D eigenvalue weighted by Crippen LogP contribution is -2.38. The number of alkyl halides is 3.